The number of aromatic nitrogens is 1. The molecule has 2 fully saturated rings. The van der Waals surface area contributed by atoms with Gasteiger partial charge in [0.1, 0.15) is 6.17 Å². The van der Waals surface area contributed by atoms with E-state index in [0.717, 1.165) is 50.7 Å². The number of rotatable bonds is 7. The summed E-state index contributed by atoms with van der Waals surface area (Å²) in [5, 5.41) is 6.22. The van der Waals surface area contributed by atoms with Crippen LogP contribution in [0.4, 0.5) is 10.1 Å². The molecule has 0 aliphatic carbocycles. The average Bonchev–Trinajstić information content (AvgIpc) is 2.77. The van der Waals surface area contributed by atoms with Crippen LogP contribution in [-0.2, 0) is 17.7 Å². The molecule has 31 heavy (non-hydrogen) atoms. The molecule has 2 aliphatic rings. The maximum atomic E-state index is 14.3. The fraction of sp³-hybridized carbons (Fsp3) is 0.478. The van der Waals surface area contributed by atoms with Crippen LogP contribution >= 0.6 is 0 Å². The monoisotopic (exact) mass is 427 g/mol. The molecule has 0 unspecified atom stereocenters. The Morgan fingerprint density at radius 2 is 2.00 bits per heavy atom. The highest BCUT2D eigenvalue weighted by Crippen LogP contribution is 2.22. The number of benzene rings is 1. The highest BCUT2D eigenvalue weighted by Gasteiger charge is 2.25. The summed E-state index contributed by atoms with van der Waals surface area (Å²) in [4.78, 5) is 18.6. The summed E-state index contributed by atoms with van der Waals surface area (Å²) in [6.07, 6.45) is 1.73. The number of anilines is 1. The second kappa shape index (κ2) is 10.2. The van der Waals surface area contributed by atoms with Crippen LogP contribution in [0.25, 0.3) is 0 Å². The number of ether oxygens (including phenoxy) is 1. The van der Waals surface area contributed by atoms with Gasteiger partial charge >= 0.3 is 0 Å². The predicted octanol–water partition coefficient (Wildman–Crippen LogP) is 1.72. The minimum absolute atomic E-state index is 0.287. The molecule has 0 radical (unpaired) electrons. The summed E-state index contributed by atoms with van der Waals surface area (Å²) < 4.78 is 19.7. The molecule has 3 heterocycles. The normalized spacial score (nSPS) is 22.2. The third-order valence-electron chi connectivity index (χ3n) is 5.89. The van der Waals surface area contributed by atoms with Gasteiger partial charge in [0.15, 0.2) is 0 Å². The molecule has 2 aliphatic heterocycles. The van der Waals surface area contributed by atoms with Crippen molar-refractivity contribution in [3.63, 3.8) is 0 Å². The molecule has 8 heteroatoms. The lowest BCUT2D eigenvalue weighted by molar-refractivity contribution is 0.0342. The molecule has 0 spiro atoms. The Hall–Kier alpha value is -2.55. The quantitative estimate of drug-likeness (QED) is 0.623. The van der Waals surface area contributed by atoms with Crippen molar-refractivity contribution in [1.82, 2.24) is 15.2 Å². The first-order valence-corrected chi connectivity index (χ1v) is 10.9. The number of hydrogen-bond donors (Lipinski definition) is 3. The van der Waals surface area contributed by atoms with Crippen molar-refractivity contribution in [3.05, 3.63) is 58.9 Å². The van der Waals surface area contributed by atoms with Gasteiger partial charge in [-0.15, -0.1) is 0 Å². The zero-order valence-corrected chi connectivity index (χ0v) is 17.6. The van der Waals surface area contributed by atoms with Gasteiger partial charge in [-0.2, -0.15) is 0 Å². The van der Waals surface area contributed by atoms with E-state index in [1.807, 2.05) is 6.07 Å². The number of amides is 1. The van der Waals surface area contributed by atoms with Crippen LogP contribution in [0.3, 0.4) is 0 Å². The third-order valence-corrected chi connectivity index (χ3v) is 5.89. The Labute approximate surface area is 182 Å². The van der Waals surface area contributed by atoms with Crippen molar-refractivity contribution in [1.29, 1.82) is 0 Å². The van der Waals surface area contributed by atoms with Gasteiger partial charge in [0.05, 0.1) is 30.5 Å². The van der Waals surface area contributed by atoms with E-state index >= 15 is 0 Å². The highest BCUT2D eigenvalue weighted by atomic mass is 19.1. The lowest BCUT2D eigenvalue weighted by atomic mass is 10.0. The number of piperidine rings is 1. The Morgan fingerprint density at radius 1 is 1.26 bits per heavy atom. The van der Waals surface area contributed by atoms with Crippen LogP contribution in [0.1, 0.15) is 33.6 Å². The summed E-state index contributed by atoms with van der Waals surface area (Å²) >= 11 is 0. The van der Waals surface area contributed by atoms with E-state index in [2.05, 4.69) is 44.8 Å². The van der Waals surface area contributed by atoms with Gasteiger partial charge in [-0.05, 0) is 30.2 Å². The molecule has 2 aromatic rings. The minimum Gasteiger partial charge on any atom is -0.379 e. The van der Waals surface area contributed by atoms with Gasteiger partial charge in [-0.25, -0.2) is 4.39 Å². The molecule has 166 valence electrons. The van der Waals surface area contributed by atoms with Gasteiger partial charge in [0, 0.05) is 44.5 Å². The Morgan fingerprint density at radius 3 is 2.71 bits per heavy atom. The molecular formula is C23H30FN5O2. The first-order valence-electron chi connectivity index (χ1n) is 10.9. The van der Waals surface area contributed by atoms with Crippen molar-refractivity contribution in [2.24, 2.45) is 5.73 Å². The topological polar surface area (TPSA) is 92.5 Å². The maximum absolute atomic E-state index is 14.3. The van der Waals surface area contributed by atoms with E-state index in [1.54, 1.807) is 0 Å². The number of nitrogens with two attached hydrogens (primary N) is 1. The largest absolute Gasteiger partial charge is 0.379 e. The Bertz CT molecular complexity index is 886. The number of alkyl halides is 1. The summed E-state index contributed by atoms with van der Waals surface area (Å²) in [6.45, 7) is 5.47. The van der Waals surface area contributed by atoms with Crippen LogP contribution in [-0.4, -0.2) is 67.4 Å². The molecule has 1 aromatic heterocycles. The van der Waals surface area contributed by atoms with Crippen LogP contribution in [0.5, 0.6) is 0 Å². The summed E-state index contributed by atoms with van der Waals surface area (Å²) in [5.74, 6) is -0.571. The van der Waals surface area contributed by atoms with Gasteiger partial charge in [0.2, 0.25) is 0 Å². The van der Waals surface area contributed by atoms with Crippen LogP contribution in [0, 0.1) is 0 Å². The predicted molar refractivity (Wildman–Crippen MR) is 118 cm³/mol. The van der Waals surface area contributed by atoms with E-state index < -0.39 is 12.1 Å². The lowest BCUT2D eigenvalue weighted by Crippen LogP contribution is -2.45. The fourth-order valence-corrected chi connectivity index (χ4v) is 4.08. The molecule has 2 atom stereocenters. The number of pyridine rings is 1. The first-order chi connectivity index (χ1) is 15.1. The van der Waals surface area contributed by atoms with Crippen LogP contribution < -0.4 is 16.4 Å². The zero-order valence-electron chi connectivity index (χ0n) is 17.6. The zero-order chi connectivity index (χ0) is 21.6. The third kappa shape index (κ3) is 5.78. The van der Waals surface area contributed by atoms with Gasteiger partial charge in [0.25, 0.3) is 5.91 Å². The number of carbonyl (C=O) groups excluding carboxylic acids is 1. The van der Waals surface area contributed by atoms with E-state index in [-0.39, 0.29) is 11.6 Å². The molecule has 2 saturated heterocycles. The van der Waals surface area contributed by atoms with Gasteiger partial charge < -0.3 is 21.1 Å². The van der Waals surface area contributed by atoms with Crippen LogP contribution in [0.15, 0.2) is 36.5 Å². The van der Waals surface area contributed by atoms with Crippen molar-refractivity contribution in [3.8, 4) is 0 Å². The number of halogens is 1. The summed E-state index contributed by atoms with van der Waals surface area (Å²) in [5.41, 5.74) is 9.55. The van der Waals surface area contributed by atoms with E-state index in [9.17, 15) is 9.18 Å². The Balaban J connectivity index is 1.44. The second-order valence-corrected chi connectivity index (χ2v) is 8.23. The van der Waals surface area contributed by atoms with Gasteiger partial charge in [-0.3, -0.25) is 14.7 Å². The average molecular weight is 428 g/mol. The van der Waals surface area contributed by atoms with Crippen molar-refractivity contribution in [2.75, 3.05) is 44.7 Å². The van der Waals surface area contributed by atoms with E-state index in [4.69, 9.17) is 10.5 Å². The number of hydrogen-bond acceptors (Lipinski definition) is 6. The van der Waals surface area contributed by atoms with Crippen molar-refractivity contribution < 1.29 is 13.9 Å². The molecular weight excluding hydrogens is 397 g/mol. The molecule has 1 amide bonds. The van der Waals surface area contributed by atoms with Crippen LogP contribution in [0.2, 0.25) is 0 Å². The number of morpholine rings is 1. The molecule has 7 nitrogen and oxygen atoms in total. The molecule has 0 bridgehead atoms. The first kappa shape index (κ1) is 21.7. The fourth-order valence-electron chi connectivity index (χ4n) is 4.08. The maximum Gasteiger partial charge on any atom is 0.252 e. The highest BCUT2D eigenvalue weighted by molar-refractivity contribution is 5.98. The standard InChI is InChI=1S/C23H30FN5O2/c24-20-14-26-6-5-21(20)28-22-12-18(27-13-19(22)23(25)30)11-16-1-3-17(4-2-16)15-29-7-9-31-10-8-29/h1-4,12-13,20-21,26H,5-11,14-15H2,(H2,25,30)(H,27,28)/t20-,21+/m0/s1. The molecule has 4 rings (SSSR count). The number of carbonyl (C=O) groups is 1. The van der Waals surface area contributed by atoms with Crippen molar-refractivity contribution in [2.45, 2.75) is 31.6 Å². The number of primary amides is 1. The summed E-state index contributed by atoms with van der Waals surface area (Å²) in [6, 6.07) is 9.97. The lowest BCUT2D eigenvalue weighted by Gasteiger charge is -2.29. The van der Waals surface area contributed by atoms with E-state index in [1.165, 1.54) is 11.8 Å². The second-order valence-electron chi connectivity index (χ2n) is 8.23. The molecule has 4 N–H and O–H groups in total. The molecule has 1 aromatic carbocycles. The summed E-state index contributed by atoms with van der Waals surface area (Å²) in [7, 11) is 0. The smallest absolute Gasteiger partial charge is 0.252 e. The Kier molecular flexibility index (Phi) is 7.11. The number of nitrogens with zero attached hydrogens (tertiary/aromatic N) is 2. The SMILES string of the molecule is NC(=O)c1cnc(Cc2ccc(CN3CCOCC3)cc2)cc1N[C@@H]1CCNC[C@@H]1F. The van der Waals surface area contributed by atoms with E-state index in [0.29, 0.717) is 25.1 Å². The van der Waals surface area contributed by atoms with Gasteiger partial charge in [-0.1, -0.05) is 24.3 Å². The van der Waals surface area contributed by atoms with Crippen molar-refractivity contribution >= 4 is 11.6 Å². The minimum atomic E-state index is -1.02. The molecule has 0 saturated carbocycles. The number of nitrogens with one attached hydrogen (secondary N) is 2.